The Morgan fingerprint density at radius 1 is 0.793 bits per heavy atom. The van der Waals surface area contributed by atoms with Crippen molar-refractivity contribution in [1.82, 2.24) is 9.55 Å². The molecule has 0 unspecified atom stereocenters. The van der Waals surface area contributed by atoms with Crippen molar-refractivity contribution in [3.05, 3.63) is 107 Å². The Labute approximate surface area is 168 Å². The molecule has 1 heterocycles. The highest BCUT2D eigenvalue weighted by atomic mass is 32.2. The van der Waals surface area contributed by atoms with Crippen molar-refractivity contribution >= 4 is 9.84 Å². The lowest BCUT2D eigenvalue weighted by Gasteiger charge is -2.14. The zero-order chi connectivity index (χ0) is 20.4. The van der Waals surface area contributed by atoms with Crippen LogP contribution in [0.4, 0.5) is 0 Å². The molecule has 4 rings (SSSR count). The van der Waals surface area contributed by atoms with Crippen molar-refractivity contribution in [3.8, 4) is 17.1 Å². The molecule has 0 aliphatic carbocycles. The van der Waals surface area contributed by atoms with Crippen molar-refractivity contribution in [3.63, 3.8) is 0 Å². The fraction of sp³-hybridized carbons (Fsp3) is 0.0435. The fourth-order valence-corrected chi connectivity index (χ4v) is 4.24. The maximum atomic E-state index is 13.1. The maximum Gasteiger partial charge on any atom is 0.259 e. The van der Waals surface area contributed by atoms with Gasteiger partial charge in [-0.15, -0.1) is 0 Å². The molecular weight excluding hydrogens is 384 g/mol. The summed E-state index contributed by atoms with van der Waals surface area (Å²) in [6.45, 7) is 1.88. The summed E-state index contributed by atoms with van der Waals surface area (Å²) >= 11 is 0. The van der Waals surface area contributed by atoms with E-state index in [0.717, 1.165) is 11.6 Å². The number of hydrogen-bond donors (Lipinski definition) is 0. The third-order valence-electron chi connectivity index (χ3n) is 4.55. The van der Waals surface area contributed by atoms with Crippen molar-refractivity contribution in [1.29, 1.82) is 0 Å². The van der Waals surface area contributed by atoms with Crippen LogP contribution in [0.5, 0.6) is 0 Å². The highest BCUT2D eigenvalue weighted by Gasteiger charge is 2.23. The quantitative estimate of drug-likeness (QED) is 0.483. The zero-order valence-corrected chi connectivity index (χ0v) is 16.5. The first-order valence-electron chi connectivity index (χ1n) is 9.03. The highest BCUT2D eigenvalue weighted by Crippen LogP contribution is 2.24. The summed E-state index contributed by atoms with van der Waals surface area (Å²) < 4.78 is 27.7. The van der Waals surface area contributed by atoms with Crippen LogP contribution in [0.15, 0.2) is 106 Å². The Kier molecular flexibility index (Phi) is 4.86. The molecule has 1 aromatic heterocycles. The van der Waals surface area contributed by atoms with Crippen LogP contribution in [-0.2, 0) is 9.84 Å². The second-order valence-electron chi connectivity index (χ2n) is 6.61. The molecule has 0 bridgehead atoms. The summed E-state index contributed by atoms with van der Waals surface area (Å²) in [6, 6.07) is 25.7. The molecular formula is C23H18N2O3S. The smallest absolute Gasteiger partial charge is 0.259 e. The van der Waals surface area contributed by atoms with Gasteiger partial charge in [-0.2, -0.15) is 0 Å². The highest BCUT2D eigenvalue weighted by molar-refractivity contribution is 7.91. The minimum absolute atomic E-state index is 0.103. The molecule has 3 aromatic carbocycles. The number of nitrogens with zero attached hydrogens (tertiary/aromatic N) is 2. The molecule has 144 valence electrons. The monoisotopic (exact) mass is 402 g/mol. The van der Waals surface area contributed by atoms with Gasteiger partial charge in [-0.1, -0.05) is 66.2 Å². The lowest BCUT2D eigenvalue weighted by atomic mass is 10.2. The first-order valence-corrected chi connectivity index (χ1v) is 10.5. The summed E-state index contributed by atoms with van der Waals surface area (Å²) in [5, 5.41) is -0.266. The van der Waals surface area contributed by atoms with Gasteiger partial charge in [-0.05, 0) is 31.2 Å². The average Bonchev–Trinajstić information content (AvgIpc) is 2.74. The normalized spacial score (nSPS) is 11.3. The molecule has 29 heavy (non-hydrogen) atoms. The van der Waals surface area contributed by atoms with E-state index in [2.05, 4.69) is 4.98 Å². The van der Waals surface area contributed by atoms with Crippen LogP contribution in [0, 0.1) is 6.92 Å². The molecule has 0 aliphatic heterocycles. The molecule has 0 N–H and O–H groups in total. The largest absolute Gasteiger partial charge is 0.269 e. The predicted molar refractivity (Wildman–Crippen MR) is 112 cm³/mol. The van der Waals surface area contributed by atoms with Crippen molar-refractivity contribution < 1.29 is 8.42 Å². The van der Waals surface area contributed by atoms with Gasteiger partial charge in [0.25, 0.3) is 5.56 Å². The number of benzene rings is 3. The van der Waals surface area contributed by atoms with Gasteiger partial charge in [0, 0.05) is 11.6 Å². The van der Waals surface area contributed by atoms with Gasteiger partial charge in [0.2, 0.25) is 9.84 Å². The number of rotatable bonds is 4. The maximum absolute atomic E-state index is 13.1. The van der Waals surface area contributed by atoms with E-state index in [1.54, 1.807) is 36.4 Å². The third-order valence-corrected chi connectivity index (χ3v) is 6.20. The van der Waals surface area contributed by atoms with E-state index in [0.29, 0.717) is 11.3 Å². The summed E-state index contributed by atoms with van der Waals surface area (Å²) in [5.74, 6) is 0.273. The molecule has 6 heteroatoms. The van der Waals surface area contributed by atoms with Crippen molar-refractivity contribution in [2.45, 2.75) is 16.8 Å². The van der Waals surface area contributed by atoms with Crippen molar-refractivity contribution in [2.75, 3.05) is 0 Å². The topological polar surface area (TPSA) is 69.0 Å². The van der Waals surface area contributed by atoms with Crippen LogP contribution in [0.25, 0.3) is 17.1 Å². The van der Waals surface area contributed by atoms with Crippen LogP contribution in [0.1, 0.15) is 5.56 Å². The number of aromatic nitrogens is 2. The molecule has 5 nitrogen and oxygen atoms in total. The van der Waals surface area contributed by atoms with Gasteiger partial charge < -0.3 is 0 Å². The van der Waals surface area contributed by atoms with Gasteiger partial charge in [-0.3, -0.25) is 9.36 Å². The number of sulfone groups is 1. The number of aryl methyl sites for hydroxylation is 1. The average molecular weight is 402 g/mol. The predicted octanol–water partition coefficient (Wildman–Crippen LogP) is 4.04. The van der Waals surface area contributed by atoms with E-state index >= 15 is 0 Å². The second-order valence-corrected chi connectivity index (χ2v) is 8.51. The van der Waals surface area contributed by atoms with Gasteiger partial charge in [0.15, 0.2) is 5.03 Å². The third kappa shape index (κ3) is 3.62. The Morgan fingerprint density at radius 2 is 1.38 bits per heavy atom. The Hall–Kier alpha value is -3.51. The molecule has 0 atom stereocenters. The van der Waals surface area contributed by atoms with E-state index < -0.39 is 15.4 Å². The second kappa shape index (κ2) is 7.48. The van der Waals surface area contributed by atoms with E-state index in [9.17, 15) is 13.2 Å². The fourth-order valence-electron chi connectivity index (χ4n) is 3.04. The Balaban J connectivity index is 1.98. The van der Waals surface area contributed by atoms with Crippen LogP contribution < -0.4 is 5.56 Å². The lowest BCUT2D eigenvalue weighted by Crippen LogP contribution is -2.23. The van der Waals surface area contributed by atoms with E-state index in [1.165, 1.54) is 16.7 Å². The van der Waals surface area contributed by atoms with Gasteiger partial charge >= 0.3 is 0 Å². The molecule has 0 amide bonds. The molecule has 0 aliphatic rings. The molecule has 0 saturated carbocycles. The summed E-state index contributed by atoms with van der Waals surface area (Å²) in [7, 11) is -3.93. The minimum Gasteiger partial charge on any atom is -0.269 e. The van der Waals surface area contributed by atoms with Crippen LogP contribution >= 0.6 is 0 Å². The number of para-hydroxylation sites is 1. The summed E-state index contributed by atoms with van der Waals surface area (Å²) in [6.07, 6.45) is 0. The summed E-state index contributed by atoms with van der Waals surface area (Å²) in [4.78, 5) is 17.6. The molecule has 0 saturated heterocycles. The summed E-state index contributed by atoms with van der Waals surface area (Å²) in [5.41, 5.74) is 1.75. The van der Waals surface area contributed by atoms with Gasteiger partial charge in [-0.25, -0.2) is 13.4 Å². The number of hydrogen-bond acceptors (Lipinski definition) is 4. The molecule has 4 aromatic rings. The molecule has 0 fully saturated rings. The minimum atomic E-state index is -3.93. The van der Waals surface area contributed by atoms with Crippen LogP contribution in [0.3, 0.4) is 0 Å². The van der Waals surface area contributed by atoms with Gasteiger partial charge in [0.1, 0.15) is 5.82 Å². The first kappa shape index (κ1) is 18.8. The van der Waals surface area contributed by atoms with E-state index in [-0.39, 0.29) is 15.7 Å². The zero-order valence-electron chi connectivity index (χ0n) is 15.7. The van der Waals surface area contributed by atoms with E-state index in [1.807, 2.05) is 43.3 Å². The Bertz CT molecular complexity index is 1310. The Morgan fingerprint density at radius 3 is 2.00 bits per heavy atom. The van der Waals surface area contributed by atoms with Crippen LogP contribution in [-0.4, -0.2) is 18.0 Å². The van der Waals surface area contributed by atoms with Crippen LogP contribution in [0.2, 0.25) is 0 Å². The SMILES string of the molecule is Cc1ccc(S(=O)(=O)c2cc(=O)n(-c3ccccc3)c(-c3ccccc3)n2)cc1. The standard InChI is InChI=1S/C23H18N2O3S/c1-17-12-14-20(15-13-17)29(27,28)21-16-22(26)25(19-10-6-3-7-11-19)23(24-21)18-8-4-2-5-9-18/h2-16H,1H3. The van der Waals surface area contributed by atoms with Gasteiger partial charge in [0.05, 0.1) is 10.6 Å². The lowest BCUT2D eigenvalue weighted by molar-refractivity contribution is 0.591. The molecule has 0 spiro atoms. The molecule has 0 radical (unpaired) electrons. The first-order chi connectivity index (χ1) is 14.0. The van der Waals surface area contributed by atoms with E-state index in [4.69, 9.17) is 0 Å². The van der Waals surface area contributed by atoms with Crippen molar-refractivity contribution in [2.24, 2.45) is 0 Å².